The molecule has 0 spiro atoms. The Hall–Kier alpha value is -3.62. The third kappa shape index (κ3) is 3.32. The zero-order valence-electron chi connectivity index (χ0n) is 15.5. The summed E-state index contributed by atoms with van der Waals surface area (Å²) in [6, 6.07) is 12.3. The number of hydrogen-bond acceptors (Lipinski definition) is 4. The van der Waals surface area contributed by atoms with Crippen LogP contribution in [0.3, 0.4) is 0 Å². The maximum atomic E-state index is 13.7. The highest BCUT2D eigenvalue weighted by atomic mass is 19.2. The summed E-state index contributed by atoms with van der Waals surface area (Å²) in [5, 5.41) is 19.5. The van der Waals surface area contributed by atoms with Gasteiger partial charge in [0, 0.05) is 16.7 Å². The summed E-state index contributed by atoms with van der Waals surface area (Å²) in [6.45, 7) is 0.133. The fraction of sp³-hybridized carbons (Fsp3) is 0.0909. The molecule has 0 aliphatic carbocycles. The van der Waals surface area contributed by atoms with Crippen LogP contribution in [-0.2, 0) is 6.54 Å². The average molecular weight is 410 g/mol. The van der Waals surface area contributed by atoms with Crippen LogP contribution in [0.2, 0.25) is 0 Å². The third-order valence-electron chi connectivity index (χ3n) is 5.05. The zero-order valence-corrected chi connectivity index (χ0v) is 15.5. The van der Waals surface area contributed by atoms with Gasteiger partial charge in [-0.1, -0.05) is 24.3 Å². The van der Waals surface area contributed by atoms with Crippen molar-refractivity contribution < 1.29 is 28.6 Å². The van der Waals surface area contributed by atoms with Gasteiger partial charge in [0.25, 0.3) is 5.91 Å². The predicted octanol–water partition coefficient (Wildman–Crippen LogP) is 2.87. The highest BCUT2D eigenvalue weighted by Crippen LogP contribution is 2.36. The summed E-state index contributed by atoms with van der Waals surface area (Å²) in [5.41, 5.74) is 7.47. The van der Waals surface area contributed by atoms with Crippen molar-refractivity contribution in [2.24, 2.45) is 5.73 Å². The lowest BCUT2D eigenvalue weighted by atomic mass is 10.0. The molecule has 0 atom stereocenters. The van der Waals surface area contributed by atoms with Gasteiger partial charge in [0.2, 0.25) is 5.91 Å². The van der Waals surface area contributed by atoms with Crippen LogP contribution in [0, 0.1) is 11.6 Å². The largest absolute Gasteiger partial charge is 0.366 e. The minimum absolute atomic E-state index is 0.0672. The quantitative estimate of drug-likeness (QED) is 0.576. The Morgan fingerprint density at radius 1 is 0.967 bits per heavy atom. The van der Waals surface area contributed by atoms with Gasteiger partial charge in [-0.05, 0) is 47.0 Å². The molecule has 2 amide bonds. The summed E-state index contributed by atoms with van der Waals surface area (Å²) in [5.74, 6) is -3.13. The molecule has 1 aliphatic rings. The second kappa shape index (κ2) is 7.33. The van der Waals surface area contributed by atoms with Crippen molar-refractivity contribution in [1.29, 1.82) is 0 Å². The number of primary amides is 1. The van der Waals surface area contributed by atoms with Gasteiger partial charge in [-0.25, -0.2) is 8.78 Å². The van der Waals surface area contributed by atoms with E-state index in [-0.39, 0.29) is 28.9 Å². The highest BCUT2D eigenvalue weighted by molar-refractivity contribution is 6.11. The van der Waals surface area contributed by atoms with Crippen molar-refractivity contribution in [3.63, 3.8) is 0 Å². The van der Waals surface area contributed by atoms with Gasteiger partial charge < -0.3 is 20.8 Å². The summed E-state index contributed by atoms with van der Waals surface area (Å²) in [6.07, 6.45) is -1.86. The number of amides is 2. The molecule has 3 aromatic rings. The lowest BCUT2D eigenvalue weighted by Gasteiger charge is -2.22. The number of benzene rings is 3. The molecule has 4 rings (SSSR count). The molecule has 3 aromatic carbocycles. The van der Waals surface area contributed by atoms with Gasteiger partial charge in [0.05, 0.1) is 12.2 Å². The second-order valence-electron chi connectivity index (χ2n) is 6.90. The number of hydrogen-bond donors (Lipinski definition) is 3. The minimum atomic E-state index is -1.86. The van der Waals surface area contributed by atoms with Gasteiger partial charge in [0.1, 0.15) is 0 Å². The van der Waals surface area contributed by atoms with Crippen LogP contribution in [0.15, 0.2) is 54.6 Å². The number of aliphatic hydroxyl groups excluding tert-OH is 1. The van der Waals surface area contributed by atoms with Crippen LogP contribution >= 0.6 is 0 Å². The van der Waals surface area contributed by atoms with E-state index < -0.39 is 29.7 Å². The number of fused-ring (bicyclic) bond motifs is 1. The number of rotatable bonds is 4. The summed E-state index contributed by atoms with van der Waals surface area (Å²) in [4.78, 5) is 25.8. The molecule has 30 heavy (non-hydrogen) atoms. The molecule has 1 heterocycles. The Bertz CT molecular complexity index is 1190. The van der Waals surface area contributed by atoms with Crippen LogP contribution < -0.4 is 10.6 Å². The molecule has 8 heteroatoms. The topological polar surface area (TPSA) is 104 Å². The van der Waals surface area contributed by atoms with E-state index in [0.29, 0.717) is 16.7 Å². The molecule has 0 unspecified atom stereocenters. The number of nitrogens with zero attached hydrogens (tertiary/aromatic N) is 1. The van der Waals surface area contributed by atoms with Gasteiger partial charge in [0.15, 0.2) is 17.9 Å². The molecule has 6 nitrogen and oxygen atoms in total. The zero-order chi connectivity index (χ0) is 21.6. The van der Waals surface area contributed by atoms with Crippen LogP contribution in [0.1, 0.15) is 38.1 Å². The predicted molar refractivity (Wildman–Crippen MR) is 104 cm³/mol. The molecule has 0 fully saturated rings. The van der Waals surface area contributed by atoms with Crippen molar-refractivity contribution in [3.05, 3.63) is 88.5 Å². The molecule has 152 valence electrons. The first-order chi connectivity index (χ1) is 14.3. The Morgan fingerprint density at radius 2 is 1.67 bits per heavy atom. The maximum absolute atomic E-state index is 13.7. The monoisotopic (exact) mass is 410 g/mol. The van der Waals surface area contributed by atoms with Gasteiger partial charge >= 0.3 is 0 Å². The maximum Gasteiger partial charge on any atom is 0.258 e. The highest BCUT2D eigenvalue weighted by Gasteiger charge is 2.31. The Morgan fingerprint density at radius 3 is 2.33 bits per heavy atom. The van der Waals surface area contributed by atoms with Gasteiger partial charge in [-0.15, -0.1) is 0 Å². The van der Waals surface area contributed by atoms with E-state index in [4.69, 9.17) is 5.73 Å². The number of carbonyl (C=O) groups excluding carboxylic acids is 2. The first-order valence-electron chi connectivity index (χ1n) is 8.96. The lowest BCUT2D eigenvalue weighted by Crippen LogP contribution is -2.25. The summed E-state index contributed by atoms with van der Waals surface area (Å²) in [7, 11) is 0. The minimum Gasteiger partial charge on any atom is -0.366 e. The molecular weight excluding hydrogens is 394 g/mol. The smallest absolute Gasteiger partial charge is 0.258 e. The van der Waals surface area contributed by atoms with Crippen LogP contribution in [-0.4, -0.2) is 22.0 Å². The van der Waals surface area contributed by atoms with Crippen molar-refractivity contribution in [2.75, 3.05) is 4.90 Å². The molecule has 0 aromatic heterocycles. The number of nitrogens with two attached hydrogens (primary N) is 1. The van der Waals surface area contributed by atoms with E-state index in [1.807, 2.05) is 0 Å². The van der Waals surface area contributed by atoms with E-state index in [1.165, 1.54) is 41.3 Å². The lowest BCUT2D eigenvalue weighted by molar-refractivity contribution is -0.0420. The molecule has 0 saturated carbocycles. The normalized spacial score (nSPS) is 13.1. The Labute approximate surface area is 169 Å². The van der Waals surface area contributed by atoms with Crippen molar-refractivity contribution in [1.82, 2.24) is 0 Å². The van der Waals surface area contributed by atoms with E-state index in [9.17, 15) is 28.6 Å². The van der Waals surface area contributed by atoms with E-state index in [0.717, 1.165) is 12.1 Å². The molecule has 0 radical (unpaired) electrons. The third-order valence-corrected chi connectivity index (χ3v) is 5.05. The fourth-order valence-corrected chi connectivity index (χ4v) is 3.50. The number of aliphatic hydroxyl groups is 2. The Kier molecular flexibility index (Phi) is 4.81. The van der Waals surface area contributed by atoms with Crippen molar-refractivity contribution in [3.8, 4) is 11.1 Å². The summed E-state index contributed by atoms with van der Waals surface area (Å²) < 4.78 is 26.9. The summed E-state index contributed by atoms with van der Waals surface area (Å²) >= 11 is 0. The Balaban J connectivity index is 1.80. The van der Waals surface area contributed by atoms with Crippen molar-refractivity contribution >= 4 is 17.5 Å². The number of halogens is 2. The number of anilines is 1. The number of carbonyl (C=O) groups is 2. The van der Waals surface area contributed by atoms with E-state index >= 15 is 0 Å². The fourth-order valence-electron chi connectivity index (χ4n) is 3.50. The SMILES string of the molecule is NC(=O)c1ccc2c(c1)C(=O)N(c1cc(-c3ccc(F)c(F)c3)ccc1C(O)O)C2. The van der Waals surface area contributed by atoms with E-state index in [2.05, 4.69) is 0 Å². The van der Waals surface area contributed by atoms with Crippen LogP contribution in [0.5, 0.6) is 0 Å². The van der Waals surface area contributed by atoms with Gasteiger partial charge in [-0.3, -0.25) is 9.59 Å². The van der Waals surface area contributed by atoms with Crippen LogP contribution in [0.25, 0.3) is 11.1 Å². The van der Waals surface area contributed by atoms with Crippen LogP contribution in [0.4, 0.5) is 14.5 Å². The first-order valence-corrected chi connectivity index (χ1v) is 8.96. The molecule has 1 aliphatic heterocycles. The average Bonchev–Trinajstić information content (AvgIpc) is 3.05. The molecular formula is C22H16F2N2O4. The molecule has 4 N–H and O–H groups in total. The van der Waals surface area contributed by atoms with Crippen molar-refractivity contribution in [2.45, 2.75) is 12.8 Å². The molecule has 0 bridgehead atoms. The molecule has 0 saturated heterocycles. The van der Waals surface area contributed by atoms with E-state index in [1.54, 1.807) is 6.07 Å². The first kappa shape index (κ1) is 19.7. The standard InChI is InChI=1S/C22H16F2N2O4/c23-17-6-4-11(8-18(17)24)12-3-5-15(22(29)30)19(9-12)26-10-14-2-1-13(20(25)27)7-16(14)21(26)28/h1-9,22,29-30H,10H2,(H2,25,27). The second-order valence-corrected chi connectivity index (χ2v) is 6.90. The van der Waals surface area contributed by atoms with Gasteiger partial charge in [-0.2, -0.15) is 0 Å².